The lowest BCUT2D eigenvalue weighted by molar-refractivity contribution is 0.414. The first-order valence-corrected chi connectivity index (χ1v) is 7.96. The van der Waals surface area contributed by atoms with E-state index in [1.807, 2.05) is 18.2 Å². The van der Waals surface area contributed by atoms with E-state index >= 15 is 0 Å². The van der Waals surface area contributed by atoms with Gasteiger partial charge >= 0.3 is 0 Å². The number of halogens is 2. The number of aromatic nitrogens is 1. The molecular formula is C16H18BrClN2O. The molecule has 1 heterocycles. The van der Waals surface area contributed by atoms with Crippen LogP contribution in [0, 0.1) is 0 Å². The van der Waals surface area contributed by atoms with Crippen molar-refractivity contribution in [2.24, 2.45) is 0 Å². The number of benzene rings is 1. The molecule has 0 aliphatic heterocycles. The van der Waals surface area contributed by atoms with E-state index in [2.05, 4.69) is 45.3 Å². The number of hydrogen-bond acceptors (Lipinski definition) is 3. The van der Waals surface area contributed by atoms with Gasteiger partial charge in [0.15, 0.2) is 0 Å². The number of methoxy groups -OCH3 is 1. The molecule has 0 saturated carbocycles. The Bertz CT molecular complexity index is 589. The van der Waals surface area contributed by atoms with E-state index in [-0.39, 0.29) is 0 Å². The third kappa shape index (κ3) is 4.90. The van der Waals surface area contributed by atoms with Crippen molar-refractivity contribution in [2.75, 3.05) is 12.4 Å². The molecule has 1 unspecified atom stereocenters. The van der Waals surface area contributed by atoms with Crippen LogP contribution in [0.1, 0.15) is 18.9 Å². The van der Waals surface area contributed by atoms with Crippen LogP contribution in [0.4, 0.5) is 5.69 Å². The average Bonchev–Trinajstić information content (AvgIpc) is 2.49. The average molecular weight is 370 g/mol. The number of nitrogens with zero attached hydrogens (tertiary/aromatic N) is 1. The Morgan fingerprint density at radius 2 is 2.05 bits per heavy atom. The van der Waals surface area contributed by atoms with Crippen LogP contribution < -0.4 is 10.1 Å². The first-order valence-electron chi connectivity index (χ1n) is 6.79. The maximum atomic E-state index is 5.89. The smallest absolute Gasteiger partial charge is 0.143 e. The Kier molecular flexibility index (Phi) is 5.88. The van der Waals surface area contributed by atoms with Crippen molar-refractivity contribution < 1.29 is 4.74 Å². The van der Waals surface area contributed by atoms with E-state index in [0.29, 0.717) is 11.2 Å². The van der Waals surface area contributed by atoms with Crippen LogP contribution in [0.3, 0.4) is 0 Å². The van der Waals surface area contributed by atoms with Gasteiger partial charge in [-0.15, -0.1) is 0 Å². The van der Waals surface area contributed by atoms with Gasteiger partial charge in [0.05, 0.1) is 23.5 Å². The number of hydrogen-bond donors (Lipinski definition) is 1. The summed E-state index contributed by atoms with van der Waals surface area (Å²) in [6.07, 6.45) is 3.80. The minimum Gasteiger partial charge on any atom is -0.497 e. The largest absolute Gasteiger partial charge is 0.497 e. The molecule has 1 aromatic heterocycles. The summed E-state index contributed by atoms with van der Waals surface area (Å²) in [5.41, 5.74) is 2.27. The summed E-state index contributed by atoms with van der Waals surface area (Å²) in [6.45, 7) is 2.16. The number of aryl methyl sites for hydroxylation is 1. The number of rotatable bonds is 6. The summed E-state index contributed by atoms with van der Waals surface area (Å²) >= 11 is 9.27. The lowest BCUT2D eigenvalue weighted by atomic mass is 10.1. The van der Waals surface area contributed by atoms with Crippen LogP contribution >= 0.6 is 27.5 Å². The fraction of sp³-hybridized carbons (Fsp3) is 0.312. The van der Waals surface area contributed by atoms with Crippen LogP contribution in [0.5, 0.6) is 5.75 Å². The highest BCUT2D eigenvalue weighted by molar-refractivity contribution is 9.10. The van der Waals surface area contributed by atoms with Crippen LogP contribution in [0.15, 0.2) is 41.0 Å². The molecule has 0 spiro atoms. The van der Waals surface area contributed by atoms with Gasteiger partial charge in [-0.25, -0.2) is 4.98 Å². The van der Waals surface area contributed by atoms with Gasteiger partial charge in [0.2, 0.25) is 0 Å². The van der Waals surface area contributed by atoms with Gasteiger partial charge in [-0.2, -0.15) is 0 Å². The first-order chi connectivity index (χ1) is 10.1. The molecule has 1 aromatic carbocycles. The van der Waals surface area contributed by atoms with Crippen LogP contribution in [0.2, 0.25) is 5.15 Å². The van der Waals surface area contributed by atoms with Crippen molar-refractivity contribution in [1.29, 1.82) is 0 Å². The summed E-state index contributed by atoms with van der Waals surface area (Å²) in [6, 6.07) is 10.5. The molecule has 3 nitrogen and oxygen atoms in total. The van der Waals surface area contributed by atoms with Crippen molar-refractivity contribution in [3.63, 3.8) is 0 Å². The second-order valence-corrected chi connectivity index (χ2v) is 6.14. The molecule has 1 atom stereocenters. The zero-order valence-electron chi connectivity index (χ0n) is 12.1. The molecule has 0 saturated heterocycles. The summed E-state index contributed by atoms with van der Waals surface area (Å²) in [7, 11) is 1.68. The summed E-state index contributed by atoms with van der Waals surface area (Å²) in [4.78, 5) is 4.11. The molecule has 0 amide bonds. The standard InChI is InChI=1S/C16H18BrClN2O/c1-11(20-13-9-15(17)16(18)19-10-13)3-4-12-5-7-14(21-2)8-6-12/h5-11,20H,3-4H2,1-2H3. The summed E-state index contributed by atoms with van der Waals surface area (Å²) in [5.74, 6) is 0.891. The highest BCUT2D eigenvalue weighted by Crippen LogP contribution is 2.23. The SMILES string of the molecule is COc1ccc(CCC(C)Nc2cnc(Cl)c(Br)c2)cc1. The van der Waals surface area contributed by atoms with E-state index < -0.39 is 0 Å². The summed E-state index contributed by atoms with van der Waals surface area (Å²) < 4.78 is 5.96. The van der Waals surface area contributed by atoms with E-state index in [1.54, 1.807) is 13.3 Å². The molecule has 0 radical (unpaired) electrons. The quantitative estimate of drug-likeness (QED) is 0.732. The van der Waals surface area contributed by atoms with Crippen molar-refractivity contribution >= 4 is 33.2 Å². The second-order valence-electron chi connectivity index (χ2n) is 4.93. The highest BCUT2D eigenvalue weighted by Gasteiger charge is 2.05. The topological polar surface area (TPSA) is 34.1 Å². The molecule has 0 aliphatic carbocycles. The molecule has 0 bridgehead atoms. The van der Waals surface area contributed by atoms with Gasteiger partial charge in [-0.3, -0.25) is 0 Å². The van der Waals surface area contributed by atoms with Crippen molar-refractivity contribution in [1.82, 2.24) is 4.98 Å². The number of nitrogens with one attached hydrogen (secondary N) is 1. The van der Waals surface area contributed by atoms with Crippen molar-refractivity contribution in [3.8, 4) is 5.75 Å². The van der Waals surface area contributed by atoms with Gasteiger partial charge in [-0.1, -0.05) is 23.7 Å². The predicted octanol–water partition coefficient (Wildman–Crippen LogP) is 4.94. The Labute approximate surface area is 138 Å². The summed E-state index contributed by atoms with van der Waals surface area (Å²) in [5, 5.41) is 3.91. The maximum absolute atomic E-state index is 5.89. The van der Waals surface area contributed by atoms with E-state index in [4.69, 9.17) is 16.3 Å². The van der Waals surface area contributed by atoms with E-state index in [0.717, 1.165) is 28.8 Å². The Morgan fingerprint density at radius 3 is 2.67 bits per heavy atom. The highest BCUT2D eigenvalue weighted by atomic mass is 79.9. The molecule has 1 N–H and O–H groups in total. The van der Waals surface area contributed by atoms with Gasteiger partial charge in [0.1, 0.15) is 10.9 Å². The lowest BCUT2D eigenvalue weighted by Crippen LogP contribution is -2.16. The fourth-order valence-electron chi connectivity index (χ4n) is 2.03. The number of anilines is 1. The third-order valence-electron chi connectivity index (χ3n) is 3.23. The van der Waals surface area contributed by atoms with E-state index in [1.165, 1.54) is 5.56 Å². The second kappa shape index (κ2) is 7.66. The Hall–Kier alpha value is -1.26. The van der Waals surface area contributed by atoms with Gasteiger partial charge in [-0.05, 0) is 59.5 Å². The molecule has 0 aliphatic rings. The van der Waals surface area contributed by atoms with Crippen molar-refractivity contribution in [2.45, 2.75) is 25.8 Å². The fourth-order valence-corrected chi connectivity index (χ4v) is 2.48. The van der Waals surface area contributed by atoms with Crippen LogP contribution in [-0.4, -0.2) is 18.1 Å². The first kappa shape index (κ1) is 16.1. The molecule has 112 valence electrons. The van der Waals surface area contributed by atoms with Crippen LogP contribution in [-0.2, 0) is 6.42 Å². The Balaban J connectivity index is 1.86. The van der Waals surface area contributed by atoms with Gasteiger partial charge in [0, 0.05) is 6.04 Å². The Morgan fingerprint density at radius 1 is 1.33 bits per heavy atom. The third-order valence-corrected chi connectivity index (χ3v) is 4.37. The molecule has 2 aromatic rings. The number of pyridine rings is 1. The zero-order chi connectivity index (χ0) is 15.2. The lowest BCUT2D eigenvalue weighted by Gasteiger charge is -2.15. The molecule has 0 fully saturated rings. The predicted molar refractivity (Wildman–Crippen MR) is 91.3 cm³/mol. The molecular weight excluding hydrogens is 352 g/mol. The van der Waals surface area contributed by atoms with Gasteiger partial charge < -0.3 is 10.1 Å². The molecule has 21 heavy (non-hydrogen) atoms. The van der Waals surface area contributed by atoms with Gasteiger partial charge in [0.25, 0.3) is 0 Å². The normalized spacial score (nSPS) is 12.0. The van der Waals surface area contributed by atoms with Crippen LogP contribution in [0.25, 0.3) is 0 Å². The minimum atomic E-state index is 0.349. The molecule has 2 rings (SSSR count). The van der Waals surface area contributed by atoms with Crippen molar-refractivity contribution in [3.05, 3.63) is 51.7 Å². The number of ether oxygens (including phenoxy) is 1. The molecule has 5 heteroatoms. The zero-order valence-corrected chi connectivity index (χ0v) is 14.4. The van der Waals surface area contributed by atoms with E-state index in [9.17, 15) is 0 Å². The maximum Gasteiger partial charge on any atom is 0.143 e. The minimum absolute atomic E-state index is 0.349. The monoisotopic (exact) mass is 368 g/mol.